The van der Waals surface area contributed by atoms with Crippen LogP contribution in [0.2, 0.25) is 0 Å². The number of benzene rings is 7. The van der Waals surface area contributed by atoms with Crippen LogP contribution in [0, 0.1) is 10.8 Å². The van der Waals surface area contributed by atoms with E-state index in [9.17, 15) is 0 Å². The average Bonchev–Trinajstić information content (AvgIpc) is 3.31. The van der Waals surface area contributed by atoms with Gasteiger partial charge in [-0.1, -0.05) is 146 Å². The summed E-state index contributed by atoms with van der Waals surface area (Å²) in [5.41, 5.74) is 24.2. The van der Waals surface area contributed by atoms with Gasteiger partial charge in [-0.2, -0.15) is 0 Å². The molecule has 0 saturated carbocycles. The van der Waals surface area contributed by atoms with E-state index in [0.717, 1.165) is 44.9 Å². The van der Waals surface area contributed by atoms with E-state index in [2.05, 4.69) is 186 Å². The van der Waals surface area contributed by atoms with Gasteiger partial charge in [-0.05, 0) is 182 Å². The molecule has 2 heterocycles. The Hall–Kier alpha value is -5.80. The average molecular weight is 859 g/mol. The molecule has 7 aromatic rings. The summed E-state index contributed by atoms with van der Waals surface area (Å²) in [7, 11) is 0. The predicted octanol–water partition coefficient (Wildman–Crippen LogP) is 15.1. The highest BCUT2D eigenvalue weighted by Gasteiger charge is 2.49. The van der Waals surface area contributed by atoms with Crippen LogP contribution in [0.25, 0.3) is 21.5 Å². The summed E-state index contributed by atoms with van der Waals surface area (Å²) in [6.45, 7) is 17.1. The molecule has 0 saturated heterocycles. The molecule has 0 radical (unpaired) electrons. The molecule has 7 aromatic carbocycles. The summed E-state index contributed by atoms with van der Waals surface area (Å²) in [6, 6.07) is 46.6. The fraction of sp³-hybridized carbons (Fsp3) is 0.333. The topological polar surface area (TPSA) is 6.48 Å². The minimum Gasteiger partial charge on any atom is -0.311 e. The molecule has 0 bridgehead atoms. The van der Waals surface area contributed by atoms with Crippen LogP contribution in [-0.4, -0.2) is 6.71 Å². The van der Waals surface area contributed by atoms with Crippen LogP contribution in [0.4, 0.5) is 28.4 Å². The largest absolute Gasteiger partial charge is 0.311 e. The third-order valence-electron chi connectivity index (χ3n) is 17.6. The van der Waals surface area contributed by atoms with Crippen LogP contribution in [0.15, 0.2) is 139 Å². The normalized spacial score (nSPS) is 20.7. The Kier molecular flexibility index (Phi) is 8.80. The van der Waals surface area contributed by atoms with Crippen molar-refractivity contribution in [2.75, 3.05) is 9.80 Å². The van der Waals surface area contributed by atoms with Crippen LogP contribution in [0.3, 0.4) is 0 Å². The zero-order valence-corrected chi connectivity index (χ0v) is 40.2. The van der Waals surface area contributed by atoms with E-state index in [1.807, 2.05) is 0 Å². The van der Waals surface area contributed by atoms with Gasteiger partial charge in [0, 0.05) is 39.4 Å². The second-order valence-corrected chi connectivity index (χ2v) is 23.2. The molecule has 2 nitrogen and oxygen atoms in total. The predicted molar refractivity (Wildman–Crippen MR) is 282 cm³/mol. The Morgan fingerprint density at radius 2 is 1.15 bits per heavy atom. The SMILES string of the molecule is CC(C)(C)c1ccc2c(c1)N(c1ccc3c4c(cccc14)CCC3)c1cc(C3CCCc4ccccc43)cc3c1B2C1=CCC(C)(C(C)(C)C)C=C1N3c1ccc2c3c(cccc13)CCC2. The van der Waals surface area contributed by atoms with Gasteiger partial charge in [0.25, 0.3) is 6.71 Å². The zero-order chi connectivity index (χ0) is 44.9. The standard InChI is InChI=1S/C63H63BN2/c1-61(2,3)45-29-30-50-54(37-45)65(52-31-27-42-19-10-17-40-21-13-25-48(52)58(40)42)55-35-44(47-24-12-16-39-15-8-9-23-46(39)47)36-56-60(55)64(50)51-33-34-63(7,62(4,5)6)38-57(51)66(56)53-32-28-43-20-11-18-41-22-14-26-49(53)59(41)43/h8-9,13-15,21-23,25-33,35-38,47H,10-12,16-20,24,34H2,1-7H3. The van der Waals surface area contributed by atoms with Crippen molar-refractivity contribution in [3.05, 3.63) is 183 Å². The Balaban J connectivity index is 1.18. The van der Waals surface area contributed by atoms with Crippen molar-refractivity contribution >= 4 is 67.6 Å². The lowest BCUT2D eigenvalue weighted by Crippen LogP contribution is -2.58. The van der Waals surface area contributed by atoms with Crippen molar-refractivity contribution in [1.29, 1.82) is 0 Å². The molecule has 328 valence electrons. The highest BCUT2D eigenvalue weighted by Crippen LogP contribution is 2.55. The number of hydrogen-bond donors (Lipinski definition) is 0. The fourth-order valence-electron chi connectivity index (χ4n) is 13.4. The molecule has 0 amide bonds. The lowest BCUT2D eigenvalue weighted by Gasteiger charge is -2.50. The van der Waals surface area contributed by atoms with Crippen molar-refractivity contribution in [3.8, 4) is 0 Å². The van der Waals surface area contributed by atoms with Crippen LogP contribution in [0.1, 0.15) is 131 Å². The molecule has 13 rings (SSSR count). The smallest absolute Gasteiger partial charge is 0.251 e. The summed E-state index contributed by atoms with van der Waals surface area (Å²) < 4.78 is 0. The van der Waals surface area contributed by atoms with E-state index in [4.69, 9.17) is 0 Å². The number of fused-ring (bicyclic) bond motifs is 5. The first-order valence-corrected chi connectivity index (χ1v) is 25.4. The minimum absolute atomic E-state index is 0.0125. The van der Waals surface area contributed by atoms with Gasteiger partial charge in [-0.15, -0.1) is 0 Å². The van der Waals surface area contributed by atoms with Gasteiger partial charge in [-0.3, -0.25) is 0 Å². The maximum absolute atomic E-state index is 2.78. The highest BCUT2D eigenvalue weighted by molar-refractivity contribution is 6.96. The van der Waals surface area contributed by atoms with Crippen LogP contribution in [-0.2, 0) is 37.5 Å². The summed E-state index contributed by atoms with van der Waals surface area (Å²) in [5, 5.41) is 5.74. The minimum atomic E-state index is -0.0420. The third-order valence-corrected chi connectivity index (χ3v) is 17.6. The van der Waals surface area contributed by atoms with E-state index in [0.29, 0.717) is 5.92 Å². The molecule has 0 fully saturated rings. The molecule has 2 aliphatic heterocycles. The van der Waals surface area contributed by atoms with Gasteiger partial charge < -0.3 is 9.80 Å². The maximum Gasteiger partial charge on any atom is 0.251 e. The Morgan fingerprint density at radius 1 is 0.561 bits per heavy atom. The number of nitrogens with zero attached hydrogens (tertiary/aromatic N) is 2. The van der Waals surface area contributed by atoms with E-state index in [-0.39, 0.29) is 23.0 Å². The van der Waals surface area contributed by atoms with Gasteiger partial charge >= 0.3 is 0 Å². The van der Waals surface area contributed by atoms with E-state index < -0.39 is 0 Å². The van der Waals surface area contributed by atoms with Crippen molar-refractivity contribution in [2.45, 2.75) is 124 Å². The summed E-state index contributed by atoms with van der Waals surface area (Å²) >= 11 is 0. The molecular weight excluding hydrogens is 796 g/mol. The number of anilines is 5. The monoisotopic (exact) mass is 859 g/mol. The molecule has 3 heteroatoms. The third kappa shape index (κ3) is 5.87. The molecule has 2 unspecified atom stereocenters. The van der Waals surface area contributed by atoms with Crippen molar-refractivity contribution < 1.29 is 0 Å². The number of hydrogen-bond acceptors (Lipinski definition) is 2. The van der Waals surface area contributed by atoms with E-state index in [1.165, 1.54) is 136 Å². The molecule has 0 aromatic heterocycles. The Labute approximate surface area is 393 Å². The summed E-state index contributed by atoms with van der Waals surface area (Å²) in [5.74, 6) is 0.311. The lowest BCUT2D eigenvalue weighted by atomic mass is 9.31. The van der Waals surface area contributed by atoms with E-state index in [1.54, 1.807) is 0 Å². The maximum atomic E-state index is 2.78. The van der Waals surface area contributed by atoms with Gasteiger partial charge in [-0.25, -0.2) is 0 Å². The first-order chi connectivity index (χ1) is 31.9. The zero-order valence-electron chi connectivity index (χ0n) is 40.2. The first kappa shape index (κ1) is 40.5. The summed E-state index contributed by atoms with van der Waals surface area (Å²) in [6.07, 6.45) is 17.0. The quantitative estimate of drug-likeness (QED) is 0.163. The molecule has 2 atom stereocenters. The second-order valence-electron chi connectivity index (χ2n) is 23.2. The van der Waals surface area contributed by atoms with Gasteiger partial charge in [0.15, 0.2) is 0 Å². The van der Waals surface area contributed by atoms with Gasteiger partial charge in [0.2, 0.25) is 0 Å². The van der Waals surface area contributed by atoms with Gasteiger partial charge in [0.05, 0.1) is 11.4 Å². The van der Waals surface area contributed by atoms with Crippen molar-refractivity contribution in [2.24, 2.45) is 10.8 Å². The molecular formula is C63H63BN2. The van der Waals surface area contributed by atoms with Crippen LogP contribution in [0.5, 0.6) is 0 Å². The lowest BCUT2D eigenvalue weighted by molar-refractivity contribution is 0.168. The molecule has 66 heavy (non-hydrogen) atoms. The van der Waals surface area contributed by atoms with Crippen LogP contribution >= 0.6 is 0 Å². The number of allylic oxidation sites excluding steroid dienone is 3. The van der Waals surface area contributed by atoms with Crippen molar-refractivity contribution in [1.82, 2.24) is 0 Å². The highest BCUT2D eigenvalue weighted by atomic mass is 15.2. The molecule has 0 N–H and O–H groups in total. The fourth-order valence-corrected chi connectivity index (χ4v) is 13.4. The van der Waals surface area contributed by atoms with E-state index >= 15 is 0 Å². The van der Waals surface area contributed by atoms with Gasteiger partial charge in [0.1, 0.15) is 0 Å². The molecule has 4 aliphatic carbocycles. The Morgan fingerprint density at radius 3 is 1.80 bits per heavy atom. The second kappa shape index (κ2) is 14.4. The number of rotatable bonds is 3. The first-order valence-electron chi connectivity index (χ1n) is 25.4. The van der Waals surface area contributed by atoms with Crippen LogP contribution < -0.4 is 20.7 Å². The molecule has 6 aliphatic rings. The summed E-state index contributed by atoms with van der Waals surface area (Å²) in [4.78, 5) is 5.53. The molecule has 0 spiro atoms. The Bertz CT molecular complexity index is 3260. The number of aryl methyl sites for hydroxylation is 5. The van der Waals surface area contributed by atoms with Crippen molar-refractivity contribution in [3.63, 3.8) is 0 Å².